The molecule has 0 saturated carbocycles. The van der Waals surface area contributed by atoms with E-state index < -0.39 is 0 Å². The molecule has 1 N–H and O–H groups in total. The molecule has 0 heterocycles. The van der Waals surface area contributed by atoms with Crippen molar-refractivity contribution in [2.45, 2.75) is 20.3 Å². The highest BCUT2D eigenvalue weighted by molar-refractivity contribution is 5.92. The molecule has 0 unspecified atom stereocenters. The fraction of sp³-hybridized carbons (Fsp3) is 0.625. The average molecular weight is 156 g/mol. The highest BCUT2D eigenvalue weighted by atomic mass is 16.2. The van der Waals surface area contributed by atoms with Gasteiger partial charge < -0.3 is 0 Å². The summed E-state index contributed by atoms with van der Waals surface area (Å²) in [6.45, 7) is 3.81. The van der Waals surface area contributed by atoms with Crippen molar-refractivity contribution in [2.24, 2.45) is 0 Å². The van der Waals surface area contributed by atoms with Crippen LogP contribution in [0.3, 0.4) is 0 Å². The maximum Gasteiger partial charge on any atom is 0.260 e. The van der Waals surface area contributed by atoms with Crippen molar-refractivity contribution in [1.29, 1.82) is 0 Å². The largest absolute Gasteiger partial charge is 0.286 e. The van der Waals surface area contributed by atoms with Crippen molar-refractivity contribution in [3.8, 4) is 0 Å². The number of allylic oxidation sites excluding steroid dienone is 1. The summed E-state index contributed by atoms with van der Waals surface area (Å²) in [7, 11) is 3.58. The number of hydrogen-bond donors (Lipinski definition) is 1. The van der Waals surface area contributed by atoms with Crippen LogP contribution in [0.4, 0.5) is 0 Å². The molecule has 0 saturated heterocycles. The minimum absolute atomic E-state index is 0.0307. The van der Waals surface area contributed by atoms with Gasteiger partial charge in [0.05, 0.1) is 0 Å². The predicted octanol–water partition coefficient (Wildman–Crippen LogP) is 0.935. The first-order valence-corrected chi connectivity index (χ1v) is 3.73. The second-order valence-electron chi connectivity index (χ2n) is 2.63. The molecule has 0 radical (unpaired) electrons. The van der Waals surface area contributed by atoms with Gasteiger partial charge >= 0.3 is 0 Å². The molecule has 1 amide bonds. The highest BCUT2D eigenvalue weighted by Crippen LogP contribution is 1.94. The second-order valence-corrected chi connectivity index (χ2v) is 2.63. The summed E-state index contributed by atoms with van der Waals surface area (Å²) in [4.78, 5) is 11.1. The van der Waals surface area contributed by atoms with E-state index in [2.05, 4.69) is 5.43 Å². The molecule has 3 heteroatoms. The molecule has 0 aromatic carbocycles. The molecule has 0 aliphatic heterocycles. The first kappa shape index (κ1) is 10.2. The van der Waals surface area contributed by atoms with Gasteiger partial charge in [0, 0.05) is 19.7 Å². The molecule has 0 fully saturated rings. The van der Waals surface area contributed by atoms with Crippen LogP contribution in [0.25, 0.3) is 0 Å². The van der Waals surface area contributed by atoms with E-state index in [9.17, 15) is 4.79 Å². The van der Waals surface area contributed by atoms with Crippen LogP contribution in [0, 0.1) is 0 Å². The third-order valence-electron chi connectivity index (χ3n) is 1.19. The summed E-state index contributed by atoms with van der Waals surface area (Å²) in [6.07, 6.45) is 2.80. The molecule has 0 aliphatic carbocycles. The van der Waals surface area contributed by atoms with Crippen molar-refractivity contribution in [3.05, 3.63) is 11.6 Å². The smallest absolute Gasteiger partial charge is 0.260 e. The molecule has 0 aromatic rings. The fourth-order valence-corrected chi connectivity index (χ4v) is 0.690. The van der Waals surface area contributed by atoms with E-state index in [0.717, 1.165) is 12.0 Å². The Morgan fingerprint density at radius 3 is 2.45 bits per heavy atom. The Morgan fingerprint density at radius 1 is 1.55 bits per heavy atom. The topological polar surface area (TPSA) is 32.3 Å². The number of amides is 1. The number of nitrogens with zero attached hydrogens (tertiary/aromatic N) is 1. The summed E-state index contributed by atoms with van der Waals surface area (Å²) >= 11 is 0. The number of carbonyl (C=O) groups is 1. The molecular formula is C8H16N2O. The Balaban J connectivity index is 3.93. The van der Waals surface area contributed by atoms with Gasteiger partial charge in [0.1, 0.15) is 0 Å². The van der Waals surface area contributed by atoms with Gasteiger partial charge in [-0.15, -0.1) is 0 Å². The number of hydrogen-bond acceptors (Lipinski definition) is 2. The van der Waals surface area contributed by atoms with Crippen LogP contribution in [0.1, 0.15) is 20.3 Å². The lowest BCUT2D eigenvalue weighted by Gasteiger charge is -2.11. The maximum absolute atomic E-state index is 11.1. The molecule has 0 atom stereocenters. The molecule has 64 valence electrons. The lowest BCUT2D eigenvalue weighted by atomic mass is 10.2. The van der Waals surface area contributed by atoms with E-state index in [1.165, 1.54) is 0 Å². The minimum Gasteiger partial charge on any atom is -0.286 e. The number of nitrogens with one attached hydrogen (secondary N) is 1. The van der Waals surface area contributed by atoms with Crippen molar-refractivity contribution < 1.29 is 4.79 Å². The Morgan fingerprint density at radius 2 is 2.09 bits per heavy atom. The van der Waals surface area contributed by atoms with Crippen LogP contribution in [-0.2, 0) is 4.79 Å². The molecule has 0 spiro atoms. The Labute approximate surface area is 68.0 Å². The van der Waals surface area contributed by atoms with E-state index in [1.807, 2.05) is 19.9 Å². The second kappa shape index (κ2) is 4.91. The third-order valence-corrected chi connectivity index (χ3v) is 1.19. The van der Waals surface area contributed by atoms with Gasteiger partial charge in [0.2, 0.25) is 0 Å². The maximum atomic E-state index is 11.1. The molecule has 3 nitrogen and oxygen atoms in total. The number of carbonyl (C=O) groups excluding carboxylic acids is 1. The summed E-state index contributed by atoms with van der Waals surface area (Å²) in [5, 5.41) is 1.63. The van der Waals surface area contributed by atoms with Crippen molar-refractivity contribution >= 4 is 5.91 Å². The SMILES string of the molecule is CCC=C(C)C(=O)NN(C)C. The van der Waals surface area contributed by atoms with Crippen LogP contribution >= 0.6 is 0 Å². The van der Waals surface area contributed by atoms with Gasteiger partial charge in [-0.05, 0) is 13.3 Å². The van der Waals surface area contributed by atoms with E-state index in [1.54, 1.807) is 19.1 Å². The van der Waals surface area contributed by atoms with Crippen LogP contribution < -0.4 is 5.43 Å². The van der Waals surface area contributed by atoms with Gasteiger partial charge in [0.25, 0.3) is 5.91 Å². The summed E-state index contributed by atoms with van der Waals surface area (Å²) in [5.41, 5.74) is 3.42. The Bertz CT molecular complexity index is 161. The van der Waals surface area contributed by atoms with Crippen molar-refractivity contribution in [2.75, 3.05) is 14.1 Å². The number of rotatable bonds is 3. The fourth-order valence-electron chi connectivity index (χ4n) is 0.690. The summed E-state index contributed by atoms with van der Waals surface area (Å²) < 4.78 is 0. The van der Waals surface area contributed by atoms with Crippen molar-refractivity contribution in [1.82, 2.24) is 10.4 Å². The zero-order valence-electron chi connectivity index (χ0n) is 7.64. The van der Waals surface area contributed by atoms with E-state index in [0.29, 0.717) is 0 Å². The quantitative estimate of drug-likeness (QED) is 0.487. The number of hydrazine groups is 1. The standard InChI is InChI=1S/C8H16N2O/c1-5-6-7(2)8(11)9-10(3)4/h6H,5H2,1-4H3,(H,9,11). The average Bonchev–Trinajstić information content (AvgIpc) is 1.86. The van der Waals surface area contributed by atoms with Crippen LogP contribution in [0.15, 0.2) is 11.6 Å². The zero-order chi connectivity index (χ0) is 8.85. The molecule has 0 bridgehead atoms. The van der Waals surface area contributed by atoms with E-state index in [4.69, 9.17) is 0 Å². The van der Waals surface area contributed by atoms with Gasteiger partial charge in [-0.2, -0.15) is 0 Å². The van der Waals surface area contributed by atoms with Gasteiger partial charge in [-0.25, -0.2) is 5.01 Å². The van der Waals surface area contributed by atoms with Crippen LogP contribution in [0.5, 0.6) is 0 Å². The zero-order valence-corrected chi connectivity index (χ0v) is 7.64. The summed E-state index contributed by atoms with van der Waals surface area (Å²) in [6, 6.07) is 0. The van der Waals surface area contributed by atoms with Crippen molar-refractivity contribution in [3.63, 3.8) is 0 Å². The monoisotopic (exact) mass is 156 g/mol. The van der Waals surface area contributed by atoms with Gasteiger partial charge in [-0.3, -0.25) is 10.2 Å². The highest BCUT2D eigenvalue weighted by Gasteiger charge is 2.02. The first-order chi connectivity index (χ1) is 5.07. The van der Waals surface area contributed by atoms with Crippen LogP contribution in [-0.4, -0.2) is 25.0 Å². The lowest BCUT2D eigenvalue weighted by Crippen LogP contribution is -2.36. The molecule has 0 rings (SSSR count). The Kier molecular flexibility index (Phi) is 4.54. The molecular weight excluding hydrogens is 140 g/mol. The molecule has 0 aromatic heterocycles. The van der Waals surface area contributed by atoms with Gasteiger partial charge in [-0.1, -0.05) is 13.0 Å². The molecule has 0 aliphatic rings. The van der Waals surface area contributed by atoms with E-state index >= 15 is 0 Å². The third kappa shape index (κ3) is 4.56. The van der Waals surface area contributed by atoms with Gasteiger partial charge in [0.15, 0.2) is 0 Å². The minimum atomic E-state index is -0.0307. The van der Waals surface area contributed by atoms with Crippen LogP contribution in [0.2, 0.25) is 0 Å². The summed E-state index contributed by atoms with van der Waals surface area (Å²) in [5.74, 6) is -0.0307. The van der Waals surface area contributed by atoms with E-state index in [-0.39, 0.29) is 5.91 Å². The Hall–Kier alpha value is -0.830. The molecule has 11 heavy (non-hydrogen) atoms. The lowest BCUT2D eigenvalue weighted by molar-refractivity contribution is -0.121. The normalized spacial score (nSPS) is 11.9. The first-order valence-electron chi connectivity index (χ1n) is 3.73. The predicted molar refractivity (Wildman–Crippen MR) is 45.9 cm³/mol.